The number of amides is 2. The van der Waals surface area contributed by atoms with E-state index in [2.05, 4.69) is 10.3 Å². The monoisotopic (exact) mass is 377 g/mol. The molecule has 148 valence electrons. The van der Waals surface area contributed by atoms with Gasteiger partial charge in [-0.3, -0.25) is 9.59 Å². The Kier molecular flexibility index (Phi) is 5.40. The third-order valence-electron chi connectivity index (χ3n) is 5.87. The normalized spacial score (nSPS) is 25.8. The summed E-state index contributed by atoms with van der Waals surface area (Å²) in [5.74, 6) is 0.191. The zero-order chi connectivity index (χ0) is 18.8. The highest BCUT2D eigenvalue weighted by molar-refractivity contribution is 5.80. The summed E-state index contributed by atoms with van der Waals surface area (Å²) in [4.78, 5) is 28.9. The molecule has 0 saturated carbocycles. The predicted octanol–water partition coefficient (Wildman–Crippen LogP) is 0.225. The minimum atomic E-state index is -0.0163. The summed E-state index contributed by atoms with van der Waals surface area (Å²) in [5, 5.41) is 8.18. The molecule has 0 unspecified atom stereocenters. The van der Waals surface area contributed by atoms with Crippen molar-refractivity contribution in [3.63, 3.8) is 0 Å². The molecule has 0 N–H and O–H groups in total. The predicted molar refractivity (Wildman–Crippen MR) is 94.6 cm³/mol. The Morgan fingerprint density at radius 3 is 2.78 bits per heavy atom. The summed E-state index contributed by atoms with van der Waals surface area (Å²) in [5.41, 5.74) is 0.965. The molecule has 2 fully saturated rings. The van der Waals surface area contributed by atoms with Gasteiger partial charge in [0.15, 0.2) is 0 Å². The number of hydrogen-bond donors (Lipinski definition) is 0. The number of nitrogens with zero attached hydrogens (tertiary/aromatic N) is 5. The van der Waals surface area contributed by atoms with Gasteiger partial charge in [-0.25, -0.2) is 4.68 Å². The van der Waals surface area contributed by atoms with E-state index in [0.29, 0.717) is 52.2 Å². The minimum absolute atomic E-state index is 0.0154. The molecule has 9 heteroatoms. The van der Waals surface area contributed by atoms with Crippen molar-refractivity contribution in [3.8, 4) is 0 Å². The van der Waals surface area contributed by atoms with Crippen LogP contribution >= 0.6 is 0 Å². The number of likely N-dealkylation sites (tertiary alicyclic amines) is 2. The molecule has 9 nitrogen and oxygen atoms in total. The lowest BCUT2D eigenvalue weighted by atomic mass is 9.93. The molecule has 1 aromatic heterocycles. The van der Waals surface area contributed by atoms with Crippen LogP contribution < -0.4 is 0 Å². The van der Waals surface area contributed by atoms with Gasteiger partial charge in [-0.2, -0.15) is 0 Å². The first-order valence-electron chi connectivity index (χ1n) is 9.82. The number of aromatic nitrogens is 3. The largest absolute Gasteiger partial charge is 0.372 e. The second-order valence-electron chi connectivity index (χ2n) is 7.45. The molecule has 3 aliphatic heterocycles. The van der Waals surface area contributed by atoms with Crippen LogP contribution in [0.2, 0.25) is 0 Å². The van der Waals surface area contributed by atoms with Crippen molar-refractivity contribution in [2.75, 3.05) is 39.4 Å². The fourth-order valence-electron chi connectivity index (χ4n) is 4.29. The van der Waals surface area contributed by atoms with Gasteiger partial charge in [-0.05, 0) is 26.2 Å². The van der Waals surface area contributed by atoms with Crippen LogP contribution in [-0.4, -0.2) is 82.1 Å². The Morgan fingerprint density at radius 1 is 1.22 bits per heavy atom. The molecule has 2 amide bonds. The smallest absolute Gasteiger partial charge is 0.248 e. The van der Waals surface area contributed by atoms with Crippen molar-refractivity contribution in [1.82, 2.24) is 24.8 Å². The van der Waals surface area contributed by atoms with E-state index in [1.165, 1.54) is 0 Å². The number of fused-ring (bicyclic) bond motifs is 3. The summed E-state index contributed by atoms with van der Waals surface area (Å²) >= 11 is 0. The maximum atomic E-state index is 13.0. The van der Waals surface area contributed by atoms with Crippen molar-refractivity contribution >= 4 is 11.8 Å². The number of ether oxygens (including phenoxy) is 2. The number of rotatable bonds is 4. The van der Waals surface area contributed by atoms with Crippen molar-refractivity contribution in [3.05, 3.63) is 11.9 Å². The molecule has 0 aromatic carbocycles. The average Bonchev–Trinajstić information content (AvgIpc) is 3.20. The van der Waals surface area contributed by atoms with Gasteiger partial charge in [0.1, 0.15) is 6.61 Å². The highest BCUT2D eigenvalue weighted by Crippen LogP contribution is 2.31. The SMILES string of the molecule is CCOCC(=O)N1CCC(C(=O)N2CC[C@H]3OCc4cnnn4[C@H]3C2)CC1. The lowest BCUT2D eigenvalue weighted by molar-refractivity contribution is -0.146. The molecule has 0 spiro atoms. The van der Waals surface area contributed by atoms with Crippen LogP contribution in [0.25, 0.3) is 0 Å². The maximum Gasteiger partial charge on any atom is 0.248 e. The summed E-state index contributed by atoms with van der Waals surface area (Å²) in [6.07, 6.45) is 4.08. The minimum Gasteiger partial charge on any atom is -0.372 e. The van der Waals surface area contributed by atoms with E-state index in [9.17, 15) is 9.59 Å². The second kappa shape index (κ2) is 7.93. The van der Waals surface area contributed by atoms with E-state index in [0.717, 1.165) is 12.1 Å². The summed E-state index contributed by atoms with van der Waals surface area (Å²) < 4.78 is 13.0. The van der Waals surface area contributed by atoms with Gasteiger partial charge < -0.3 is 19.3 Å². The second-order valence-corrected chi connectivity index (χ2v) is 7.45. The fraction of sp³-hybridized carbons (Fsp3) is 0.778. The zero-order valence-corrected chi connectivity index (χ0v) is 15.7. The van der Waals surface area contributed by atoms with E-state index >= 15 is 0 Å². The Bertz CT molecular complexity index is 685. The third kappa shape index (κ3) is 3.70. The van der Waals surface area contributed by atoms with E-state index in [1.54, 1.807) is 6.20 Å². The summed E-state index contributed by atoms with van der Waals surface area (Å²) in [6.45, 7) is 5.66. The zero-order valence-electron chi connectivity index (χ0n) is 15.7. The molecular formula is C18H27N5O4. The lowest BCUT2D eigenvalue weighted by Gasteiger charge is -2.42. The van der Waals surface area contributed by atoms with E-state index in [4.69, 9.17) is 9.47 Å². The standard InChI is InChI=1S/C18H27N5O4/c1-2-26-12-17(24)21-6-3-13(4-7-21)18(25)22-8-5-16-15(10-22)23-14(11-27-16)9-19-20-23/h9,13,15-16H,2-8,10-12H2,1H3/t15-,16+/m0/s1. The molecule has 27 heavy (non-hydrogen) atoms. The van der Waals surface area contributed by atoms with Crippen LogP contribution in [-0.2, 0) is 25.7 Å². The van der Waals surface area contributed by atoms with Gasteiger partial charge in [0.05, 0.1) is 30.6 Å². The van der Waals surface area contributed by atoms with Crippen molar-refractivity contribution in [2.45, 2.75) is 44.9 Å². The van der Waals surface area contributed by atoms with Crippen LogP contribution in [0.4, 0.5) is 0 Å². The maximum absolute atomic E-state index is 13.0. The summed E-state index contributed by atoms with van der Waals surface area (Å²) in [6, 6.07) is 0.0433. The van der Waals surface area contributed by atoms with Gasteiger partial charge in [-0.15, -0.1) is 5.10 Å². The van der Waals surface area contributed by atoms with Crippen LogP contribution in [0.1, 0.15) is 37.9 Å². The molecule has 0 radical (unpaired) electrons. The van der Waals surface area contributed by atoms with E-state index in [-0.39, 0.29) is 36.5 Å². The van der Waals surface area contributed by atoms with Gasteiger partial charge >= 0.3 is 0 Å². The van der Waals surface area contributed by atoms with Gasteiger partial charge in [-0.1, -0.05) is 5.21 Å². The first-order chi connectivity index (χ1) is 13.2. The number of carbonyl (C=O) groups is 2. The van der Waals surface area contributed by atoms with Gasteiger partial charge in [0, 0.05) is 38.7 Å². The molecule has 3 aliphatic rings. The first-order valence-corrected chi connectivity index (χ1v) is 9.82. The van der Waals surface area contributed by atoms with Gasteiger partial charge in [0.2, 0.25) is 11.8 Å². The molecule has 2 atom stereocenters. The highest BCUT2D eigenvalue weighted by Gasteiger charge is 2.39. The molecule has 1 aromatic rings. The van der Waals surface area contributed by atoms with Crippen LogP contribution in [0.15, 0.2) is 6.20 Å². The van der Waals surface area contributed by atoms with E-state index in [1.807, 2.05) is 21.4 Å². The Balaban J connectivity index is 1.33. The van der Waals surface area contributed by atoms with Crippen LogP contribution in [0.3, 0.4) is 0 Å². The summed E-state index contributed by atoms with van der Waals surface area (Å²) in [7, 11) is 0. The molecule has 4 rings (SSSR count). The topological polar surface area (TPSA) is 89.8 Å². The Morgan fingerprint density at radius 2 is 2.00 bits per heavy atom. The fourth-order valence-corrected chi connectivity index (χ4v) is 4.29. The molecule has 0 bridgehead atoms. The van der Waals surface area contributed by atoms with Crippen molar-refractivity contribution < 1.29 is 19.1 Å². The average molecular weight is 377 g/mol. The third-order valence-corrected chi connectivity index (χ3v) is 5.87. The van der Waals surface area contributed by atoms with E-state index < -0.39 is 0 Å². The number of hydrogen-bond acceptors (Lipinski definition) is 6. The van der Waals surface area contributed by atoms with Gasteiger partial charge in [0.25, 0.3) is 0 Å². The number of piperidine rings is 2. The Labute approximate surface area is 158 Å². The molecule has 2 saturated heterocycles. The molecule has 4 heterocycles. The molecule has 0 aliphatic carbocycles. The Hall–Kier alpha value is -2.00. The van der Waals surface area contributed by atoms with Crippen LogP contribution in [0.5, 0.6) is 0 Å². The van der Waals surface area contributed by atoms with Crippen molar-refractivity contribution in [1.29, 1.82) is 0 Å². The van der Waals surface area contributed by atoms with Crippen LogP contribution in [0, 0.1) is 5.92 Å². The molecular weight excluding hydrogens is 350 g/mol. The first kappa shape index (κ1) is 18.4. The highest BCUT2D eigenvalue weighted by atomic mass is 16.5. The lowest BCUT2D eigenvalue weighted by Crippen LogP contribution is -2.52. The quantitative estimate of drug-likeness (QED) is 0.746. The number of carbonyl (C=O) groups excluding carboxylic acids is 2. The van der Waals surface area contributed by atoms with Crippen molar-refractivity contribution in [2.24, 2.45) is 5.92 Å².